The summed E-state index contributed by atoms with van der Waals surface area (Å²) in [6, 6.07) is 1.95. The molecule has 1 atom stereocenters. The molecule has 2 aromatic rings. The Labute approximate surface area is 174 Å². The van der Waals surface area contributed by atoms with E-state index in [0.717, 1.165) is 38.0 Å². The van der Waals surface area contributed by atoms with E-state index in [2.05, 4.69) is 10.1 Å². The Hall–Kier alpha value is -2.26. The number of piperidine rings is 1. The highest BCUT2D eigenvalue weighted by Gasteiger charge is 2.47. The molecule has 0 aliphatic carbocycles. The van der Waals surface area contributed by atoms with Crippen LogP contribution in [0, 0.1) is 5.41 Å². The van der Waals surface area contributed by atoms with Crippen molar-refractivity contribution in [3.8, 4) is 0 Å². The first kappa shape index (κ1) is 20.0. The number of hydrogen-bond donors (Lipinski definition) is 0. The first-order valence-corrected chi connectivity index (χ1v) is 10.9. The minimum Gasteiger partial charge on any atom is -0.383 e. The van der Waals surface area contributed by atoms with Gasteiger partial charge in [-0.25, -0.2) is 4.98 Å². The van der Waals surface area contributed by atoms with E-state index in [1.165, 1.54) is 11.3 Å². The van der Waals surface area contributed by atoms with Gasteiger partial charge in [0.2, 0.25) is 5.91 Å². The lowest BCUT2D eigenvalue weighted by Gasteiger charge is -2.39. The number of nitrogens with zero attached hydrogens (tertiary/aromatic N) is 5. The molecule has 0 unspecified atom stereocenters. The third kappa shape index (κ3) is 4.20. The number of aromatic nitrogens is 3. The molecule has 0 bridgehead atoms. The van der Waals surface area contributed by atoms with Crippen LogP contribution in [0.5, 0.6) is 0 Å². The van der Waals surface area contributed by atoms with E-state index >= 15 is 0 Å². The molecular weight excluding hydrogens is 390 g/mol. The predicted octanol–water partition coefficient (Wildman–Crippen LogP) is 1.59. The Morgan fingerprint density at radius 3 is 2.76 bits per heavy atom. The van der Waals surface area contributed by atoms with E-state index in [-0.39, 0.29) is 23.3 Å². The Morgan fingerprint density at radius 2 is 2.14 bits per heavy atom. The van der Waals surface area contributed by atoms with Crippen LogP contribution < -0.4 is 0 Å². The van der Waals surface area contributed by atoms with Crippen molar-refractivity contribution < 1.29 is 14.3 Å². The normalized spacial score (nSPS) is 21.1. The minimum atomic E-state index is -0.0150. The Kier molecular flexibility index (Phi) is 5.69. The summed E-state index contributed by atoms with van der Waals surface area (Å²) in [7, 11) is 3.53. The molecule has 2 amide bonds. The summed E-state index contributed by atoms with van der Waals surface area (Å²) in [6.45, 7) is 2.69. The fourth-order valence-electron chi connectivity index (χ4n) is 4.63. The number of hydrogen-bond acceptors (Lipinski definition) is 6. The highest BCUT2D eigenvalue weighted by Crippen LogP contribution is 2.44. The summed E-state index contributed by atoms with van der Waals surface area (Å²) in [6.07, 6.45) is 4.92. The number of amides is 2. The Bertz CT molecular complexity index is 857. The average Bonchev–Trinajstić information content (AvgIpc) is 3.44. The molecule has 0 saturated carbocycles. The van der Waals surface area contributed by atoms with E-state index < -0.39 is 0 Å². The zero-order chi connectivity index (χ0) is 20.4. The van der Waals surface area contributed by atoms with Gasteiger partial charge in [-0.1, -0.05) is 0 Å². The number of aryl methyl sites for hydroxylation is 1. The standard InChI is InChI=1S/C20H27N5O3S/c1-23-6-3-15(22-23)9-18(26)24-7-4-20(5-8-24)10-16(11-28-2)25(13-20)19(27)17-12-29-14-21-17/h3,6,12,14,16H,4-5,7-11,13H2,1-2H3/t16-/m1/s1. The SMILES string of the molecule is COC[C@H]1CC2(CCN(C(=O)Cc3ccn(C)n3)CC2)CN1C(=O)c1cscn1. The highest BCUT2D eigenvalue weighted by atomic mass is 32.1. The van der Waals surface area contributed by atoms with Crippen LogP contribution in [-0.2, 0) is 23.0 Å². The fourth-order valence-corrected chi connectivity index (χ4v) is 5.15. The van der Waals surface area contributed by atoms with Crippen molar-refractivity contribution in [3.63, 3.8) is 0 Å². The second kappa shape index (κ2) is 8.23. The summed E-state index contributed by atoms with van der Waals surface area (Å²) >= 11 is 1.43. The smallest absolute Gasteiger partial charge is 0.273 e. The molecule has 2 aliphatic rings. The van der Waals surface area contributed by atoms with Gasteiger partial charge in [-0.15, -0.1) is 11.3 Å². The molecule has 29 heavy (non-hydrogen) atoms. The van der Waals surface area contributed by atoms with Gasteiger partial charge in [0.25, 0.3) is 5.91 Å². The van der Waals surface area contributed by atoms with Crippen LogP contribution in [0.3, 0.4) is 0 Å². The third-order valence-corrected chi connectivity index (χ3v) is 6.75. The number of rotatable bonds is 5. The summed E-state index contributed by atoms with van der Waals surface area (Å²) < 4.78 is 7.12. The Morgan fingerprint density at radius 1 is 1.34 bits per heavy atom. The zero-order valence-electron chi connectivity index (χ0n) is 16.9. The molecule has 2 aromatic heterocycles. The van der Waals surface area contributed by atoms with E-state index in [9.17, 15) is 9.59 Å². The van der Waals surface area contributed by atoms with Gasteiger partial charge in [-0.3, -0.25) is 14.3 Å². The second-order valence-corrected chi connectivity index (χ2v) is 8.88. The largest absolute Gasteiger partial charge is 0.383 e. The van der Waals surface area contributed by atoms with Gasteiger partial charge < -0.3 is 14.5 Å². The molecule has 0 radical (unpaired) electrons. The Balaban J connectivity index is 1.39. The maximum absolute atomic E-state index is 12.9. The first-order chi connectivity index (χ1) is 14.0. The van der Waals surface area contributed by atoms with Gasteiger partial charge in [0, 0.05) is 45.4 Å². The number of ether oxygens (including phenoxy) is 1. The van der Waals surface area contributed by atoms with E-state index in [4.69, 9.17) is 4.74 Å². The number of thiazole rings is 1. The van der Waals surface area contributed by atoms with Crippen molar-refractivity contribution in [2.45, 2.75) is 31.7 Å². The molecule has 0 aromatic carbocycles. The lowest BCUT2D eigenvalue weighted by molar-refractivity contribution is -0.132. The fraction of sp³-hybridized carbons (Fsp3) is 0.600. The van der Waals surface area contributed by atoms with E-state index in [1.807, 2.05) is 29.1 Å². The second-order valence-electron chi connectivity index (χ2n) is 8.16. The molecule has 2 aliphatic heterocycles. The molecule has 8 nitrogen and oxygen atoms in total. The van der Waals surface area contributed by atoms with Crippen molar-refractivity contribution in [2.24, 2.45) is 12.5 Å². The maximum Gasteiger partial charge on any atom is 0.273 e. The monoisotopic (exact) mass is 417 g/mol. The van der Waals surface area contributed by atoms with Crippen LogP contribution in [-0.4, -0.2) is 75.8 Å². The molecule has 156 valence electrons. The van der Waals surface area contributed by atoms with Gasteiger partial charge >= 0.3 is 0 Å². The minimum absolute atomic E-state index is 0.0150. The summed E-state index contributed by atoms with van der Waals surface area (Å²) in [5, 5.41) is 6.11. The average molecular weight is 418 g/mol. The molecule has 4 heterocycles. The third-order valence-electron chi connectivity index (χ3n) is 6.16. The van der Waals surface area contributed by atoms with Crippen molar-refractivity contribution in [1.82, 2.24) is 24.6 Å². The predicted molar refractivity (Wildman–Crippen MR) is 109 cm³/mol. The quantitative estimate of drug-likeness (QED) is 0.738. The molecular formula is C20H27N5O3S. The van der Waals surface area contributed by atoms with E-state index in [0.29, 0.717) is 25.3 Å². The van der Waals surface area contributed by atoms with Crippen molar-refractivity contribution in [1.29, 1.82) is 0 Å². The molecule has 0 N–H and O–H groups in total. The molecule has 1 spiro atoms. The molecule has 9 heteroatoms. The number of methoxy groups -OCH3 is 1. The van der Waals surface area contributed by atoms with E-state index in [1.54, 1.807) is 22.7 Å². The lowest BCUT2D eigenvalue weighted by Crippen LogP contribution is -2.45. The zero-order valence-corrected chi connectivity index (χ0v) is 17.7. The highest BCUT2D eigenvalue weighted by molar-refractivity contribution is 7.07. The lowest BCUT2D eigenvalue weighted by atomic mass is 9.76. The van der Waals surface area contributed by atoms with Crippen LogP contribution in [0.15, 0.2) is 23.2 Å². The summed E-state index contributed by atoms with van der Waals surface area (Å²) in [4.78, 5) is 33.7. The van der Waals surface area contributed by atoms with Crippen molar-refractivity contribution >= 4 is 23.2 Å². The van der Waals surface area contributed by atoms with Gasteiger partial charge in [-0.2, -0.15) is 5.10 Å². The van der Waals surface area contributed by atoms with Crippen molar-refractivity contribution in [3.05, 3.63) is 34.5 Å². The molecule has 2 fully saturated rings. The number of carbonyl (C=O) groups is 2. The maximum atomic E-state index is 12.9. The van der Waals surface area contributed by atoms with Crippen LogP contribution in [0.1, 0.15) is 35.4 Å². The van der Waals surface area contributed by atoms with Gasteiger partial charge in [-0.05, 0) is 30.7 Å². The molecule has 2 saturated heterocycles. The first-order valence-electron chi connectivity index (χ1n) is 9.94. The van der Waals surface area contributed by atoms with Crippen LogP contribution in [0.25, 0.3) is 0 Å². The topological polar surface area (TPSA) is 80.6 Å². The van der Waals surface area contributed by atoms with Crippen LogP contribution in [0.4, 0.5) is 0 Å². The van der Waals surface area contributed by atoms with Gasteiger partial charge in [0.05, 0.1) is 30.3 Å². The van der Waals surface area contributed by atoms with Crippen LogP contribution in [0.2, 0.25) is 0 Å². The summed E-state index contributed by atoms with van der Waals surface area (Å²) in [5.41, 5.74) is 3.06. The number of likely N-dealkylation sites (tertiary alicyclic amines) is 2. The van der Waals surface area contributed by atoms with Gasteiger partial charge in [0.15, 0.2) is 0 Å². The van der Waals surface area contributed by atoms with Crippen molar-refractivity contribution in [2.75, 3.05) is 33.4 Å². The summed E-state index contributed by atoms with van der Waals surface area (Å²) in [5.74, 6) is 0.110. The molecule has 4 rings (SSSR count). The van der Waals surface area contributed by atoms with Gasteiger partial charge in [0.1, 0.15) is 5.69 Å². The number of carbonyl (C=O) groups excluding carboxylic acids is 2. The van der Waals surface area contributed by atoms with Crippen LogP contribution >= 0.6 is 11.3 Å².